The molecule has 2 aromatic carbocycles. The molecule has 1 aliphatic heterocycles. The standard InChI is InChI=1S/C24H22Cl2N2O4S/c1-15-4-2-5-18(8-15)33(31,32)28-13-17(14-29)9-21-22(28)10-16(12-27-21)11-23(30)24-19(25)6-3-7-20(24)26/h2-8,10,12,17,29H,9,11,13-14H2,1H3. The van der Waals surface area contributed by atoms with Crippen molar-refractivity contribution in [1.82, 2.24) is 4.98 Å². The Morgan fingerprint density at radius 1 is 1.15 bits per heavy atom. The number of rotatable bonds is 6. The summed E-state index contributed by atoms with van der Waals surface area (Å²) in [7, 11) is -3.90. The number of halogens is 2. The van der Waals surface area contributed by atoms with Crippen molar-refractivity contribution in [1.29, 1.82) is 0 Å². The second-order valence-electron chi connectivity index (χ2n) is 8.11. The topological polar surface area (TPSA) is 87.6 Å². The molecule has 1 N–H and O–H groups in total. The summed E-state index contributed by atoms with van der Waals surface area (Å²) in [6.45, 7) is 1.78. The molecular weight excluding hydrogens is 483 g/mol. The highest BCUT2D eigenvalue weighted by molar-refractivity contribution is 7.92. The Morgan fingerprint density at radius 3 is 2.52 bits per heavy atom. The van der Waals surface area contributed by atoms with Crippen molar-refractivity contribution in [3.63, 3.8) is 0 Å². The van der Waals surface area contributed by atoms with Gasteiger partial charge in [-0.05, 0) is 54.8 Å². The Labute approximate surface area is 202 Å². The lowest BCUT2D eigenvalue weighted by atomic mass is 9.97. The number of carbonyl (C=O) groups is 1. The van der Waals surface area contributed by atoms with Gasteiger partial charge >= 0.3 is 0 Å². The van der Waals surface area contributed by atoms with E-state index in [4.69, 9.17) is 23.2 Å². The van der Waals surface area contributed by atoms with Gasteiger partial charge in [0.2, 0.25) is 0 Å². The van der Waals surface area contributed by atoms with Gasteiger partial charge in [-0.3, -0.25) is 14.1 Å². The van der Waals surface area contributed by atoms with Crippen LogP contribution in [0, 0.1) is 12.8 Å². The molecule has 1 aliphatic rings. The lowest BCUT2D eigenvalue weighted by Crippen LogP contribution is -2.41. The van der Waals surface area contributed by atoms with Crippen LogP contribution < -0.4 is 4.31 Å². The first kappa shape index (κ1) is 23.7. The van der Waals surface area contributed by atoms with Crippen molar-refractivity contribution in [2.24, 2.45) is 5.92 Å². The summed E-state index contributed by atoms with van der Waals surface area (Å²) in [4.78, 5) is 17.5. The van der Waals surface area contributed by atoms with E-state index in [1.54, 1.807) is 48.7 Å². The van der Waals surface area contributed by atoms with E-state index < -0.39 is 10.0 Å². The number of Topliss-reactive ketones (excluding diaryl/α,β-unsaturated/α-hetero) is 1. The number of anilines is 1. The number of aliphatic hydroxyl groups is 1. The average Bonchev–Trinajstić information content (AvgIpc) is 2.78. The molecule has 0 aliphatic carbocycles. The van der Waals surface area contributed by atoms with E-state index >= 15 is 0 Å². The molecule has 0 saturated carbocycles. The lowest BCUT2D eigenvalue weighted by molar-refractivity contribution is 0.0993. The van der Waals surface area contributed by atoms with Crippen LogP contribution in [0.2, 0.25) is 10.0 Å². The zero-order valence-corrected chi connectivity index (χ0v) is 20.2. The van der Waals surface area contributed by atoms with Gasteiger partial charge in [-0.2, -0.15) is 0 Å². The number of hydrogen-bond acceptors (Lipinski definition) is 5. The van der Waals surface area contributed by atoms with E-state index in [1.807, 2.05) is 13.0 Å². The van der Waals surface area contributed by atoms with Gasteiger partial charge in [0.1, 0.15) is 0 Å². The molecule has 0 fully saturated rings. The Bertz CT molecular complexity index is 1310. The third-order valence-electron chi connectivity index (χ3n) is 5.62. The predicted molar refractivity (Wildman–Crippen MR) is 129 cm³/mol. The number of hydrogen-bond donors (Lipinski definition) is 1. The first-order chi connectivity index (χ1) is 15.7. The smallest absolute Gasteiger partial charge is 0.264 e. The molecule has 6 nitrogen and oxygen atoms in total. The molecule has 0 amide bonds. The number of fused-ring (bicyclic) bond motifs is 1. The maximum Gasteiger partial charge on any atom is 0.264 e. The van der Waals surface area contributed by atoms with Crippen LogP contribution in [0.3, 0.4) is 0 Å². The van der Waals surface area contributed by atoms with Crippen molar-refractivity contribution in [3.8, 4) is 0 Å². The van der Waals surface area contributed by atoms with Crippen LogP contribution in [0.1, 0.15) is 27.2 Å². The maximum absolute atomic E-state index is 13.5. The molecule has 0 bridgehead atoms. The van der Waals surface area contributed by atoms with Crippen LogP contribution in [-0.2, 0) is 22.9 Å². The summed E-state index contributed by atoms with van der Waals surface area (Å²) in [5, 5.41) is 10.3. The first-order valence-corrected chi connectivity index (χ1v) is 12.6. The van der Waals surface area contributed by atoms with E-state index in [1.165, 1.54) is 4.31 Å². The summed E-state index contributed by atoms with van der Waals surface area (Å²) < 4.78 is 28.3. The normalized spacial score (nSPS) is 15.9. The number of ketones is 1. The average molecular weight is 505 g/mol. The Kier molecular flexibility index (Phi) is 6.77. The molecule has 1 aromatic heterocycles. The summed E-state index contributed by atoms with van der Waals surface area (Å²) in [5.41, 5.74) is 2.56. The van der Waals surface area contributed by atoms with Crippen molar-refractivity contribution >= 4 is 44.7 Å². The molecule has 0 saturated heterocycles. The lowest BCUT2D eigenvalue weighted by Gasteiger charge is -2.34. The Hall–Kier alpha value is -2.45. The second kappa shape index (κ2) is 9.43. The van der Waals surface area contributed by atoms with Crippen molar-refractivity contribution in [2.45, 2.75) is 24.7 Å². The second-order valence-corrected chi connectivity index (χ2v) is 10.8. The largest absolute Gasteiger partial charge is 0.396 e. The molecule has 0 radical (unpaired) electrons. The fourth-order valence-corrected chi connectivity index (χ4v) is 6.23. The van der Waals surface area contributed by atoms with Gasteiger partial charge in [-0.25, -0.2) is 8.42 Å². The SMILES string of the molecule is Cc1cccc(S(=O)(=O)N2CC(CO)Cc3ncc(CC(=O)c4c(Cl)cccc4Cl)cc32)c1. The van der Waals surface area contributed by atoms with Gasteiger partial charge < -0.3 is 5.11 Å². The van der Waals surface area contributed by atoms with Crippen LogP contribution in [-0.4, -0.2) is 37.4 Å². The van der Waals surface area contributed by atoms with E-state index in [9.17, 15) is 18.3 Å². The molecule has 4 rings (SSSR count). The number of sulfonamides is 1. The highest BCUT2D eigenvalue weighted by atomic mass is 35.5. The highest BCUT2D eigenvalue weighted by Crippen LogP contribution is 2.34. The fourth-order valence-electron chi connectivity index (χ4n) is 3.95. The molecule has 33 heavy (non-hydrogen) atoms. The molecule has 2 heterocycles. The zero-order valence-electron chi connectivity index (χ0n) is 17.8. The number of aryl methyl sites for hydroxylation is 1. The van der Waals surface area contributed by atoms with Gasteiger partial charge in [0, 0.05) is 31.7 Å². The quantitative estimate of drug-likeness (QED) is 0.499. The van der Waals surface area contributed by atoms with Gasteiger partial charge in [-0.1, -0.05) is 41.4 Å². The van der Waals surface area contributed by atoms with E-state index in [-0.39, 0.29) is 51.8 Å². The predicted octanol–water partition coefficient (Wildman–Crippen LogP) is 4.48. The highest BCUT2D eigenvalue weighted by Gasteiger charge is 2.34. The molecule has 172 valence electrons. The Balaban J connectivity index is 1.73. The van der Waals surface area contributed by atoms with Crippen LogP contribution in [0.15, 0.2) is 59.6 Å². The van der Waals surface area contributed by atoms with Gasteiger partial charge in [-0.15, -0.1) is 0 Å². The number of carbonyl (C=O) groups excluding carboxylic acids is 1. The minimum atomic E-state index is -3.90. The van der Waals surface area contributed by atoms with E-state index in [2.05, 4.69) is 4.98 Å². The summed E-state index contributed by atoms with van der Waals surface area (Å²) >= 11 is 12.3. The first-order valence-electron chi connectivity index (χ1n) is 10.4. The molecular formula is C24H22Cl2N2O4S. The van der Waals surface area contributed by atoms with Crippen LogP contribution in [0.25, 0.3) is 0 Å². The van der Waals surface area contributed by atoms with Crippen molar-refractivity contribution < 1.29 is 18.3 Å². The van der Waals surface area contributed by atoms with Crippen molar-refractivity contribution in [3.05, 3.63) is 87.2 Å². The Morgan fingerprint density at radius 2 is 1.85 bits per heavy atom. The minimum absolute atomic E-state index is 0.0362. The minimum Gasteiger partial charge on any atom is -0.396 e. The summed E-state index contributed by atoms with van der Waals surface area (Å²) in [6, 6.07) is 13.2. The zero-order chi connectivity index (χ0) is 23.8. The summed E-state index contributed by atoms with van der Waals surface area (Å²) in [5.74, 6) is -0.566. The van der Waals surface area contributed by atoms with Gasteiger partial charge in [0.25, 0.3) is 10.0 Å². The van der Waals surface area contributed by atoms with Crippen molar-refractivity contribution in [2.75, 3.05) is 17.5 Å². The summed E-state index contributed by atoms with van der Waals surface area (Å²) in [6.07, 6.45) is 1.96. The number of nitrogens with zero attached hydrogens (tertiary/aromatic N) is 2. The van der Waals surface area contributed by atoms with Gasteiger partial charge in [0.15, 0.2) is 5.78 Å². The van der Waals surface area contributed by atoms with Gasteiger partial charge in [0.05, 0.1) is 31.9 Å². The number of benzene rings is 2. The third-order valence-corrected chi connectivity index (χ3v) is 8.03. The van der Waals surface area contributed by atoms with Crippen LogP contribution in [0.4, 0.5) is 5.69 Å². The van der Waals surface area contributed by atoms with Crippen LogP contribution >= 0.6 is 23.2 Å². The molecule has 9 heteroatoms. The molecule has 1 atom stereocenters. The molecule has 0 spiro atoms. The number of aromatic nitrogens is 1. The number of aliphatic hydroxyl groups excluding tert-OH is 1. The monoisotopic (exact) mass is 504 g/mol. The molecule has 1 unspecified atom stereocenters. The third kappa shape index (κ3) is 4.77. The molecule has 3 aromatic rings. The number of pyridine rings is 1. The van der Waals surface area contributed by atoms with Crippen LogP contribution in [0.5, 0.6) is 0 Å². The van der Waals surface area contributed by atoms with E-state index in [0.717, 1.165) is 5.56 Å². The fraction of sp³-hybridized carbons (Fsp3) is 0.250. The maximum atomic E-state index is 13.5. The van der Waals surface area contributed by atoms with E-state index in [0.29, 0.717) is 23.4 Å².